The maximum absolute atomic E-state index is 13.1. The number of hydrogen-bond donors (Lipinski definition) is 0. The van der Waals surface area contributed by atoms with Crippen molar-refractivity contribution in [3.63, 3.8) is 0 Å². The molecule has 4 rings (SSSR count). The molecule has 0 spiro atoms. The van der Waals surface area contributed by atoms with Crippen molar-refractivity contribution in [2.45, 2.75) is 39.7 Å². The molecule has 0 radical (unpaired) electrons. The molecule has 0 aliphatic carbocycles. The van der Waals surface area contributed by atoms with Crippen molar-refractivity contribution >= 4 is 11.9 Å². The average Bonchev–Trinajstić information content (AvgIpc) is 2.66. The van der Waals surface area contributed by atoms with E-state index in [1.165, 1.54) is 11.1 Å². The molecular formula is C21H26N4O. The van der Waals surface area contributed by atoms with Crippen LogP contribution in [0.3, 0.4) is 0 Å². The minimum Gasteiger partial charge on any atom is -0.340 e. The van der Waals surface area contributed by atoms with E-state index < -0.39 is 0 Å². The fraction of sp³-hybridized carbons (Fsp3) is 0.476. The highest BCUT2D eigenvalue weighted by Gasteiger charge is 2.31. The summed E-state index contributed by atoms with van der Waals surface area (Å²) >= 11 is 0. The number of anilines is 1. The molecule has 2 aliphatic heterocycles. The van der Waals surface area contributed by atoms with Crippen molar-refractivity contribution in [2.75, 3.05) is 24.5 Å². The van der Waals surface area contributed by atoms with Gasteiger partial charge in [-0.2, -0.15) is 0 Å². The van der Waals surface area contributed by atoms with Crippen molar-refractivity contribution in [2.24, 2.45) is 5.92 Å². The lowest BCUT2D eigenvalue weighted by Crippen LogP contribution is -2.46. The predicted octanol–water partition coefficient (Wildman–Crippen LogP) is 2.89. The molecule has 0 bridgehead atoms. The zero-order valence-corrected chi connectivity index (χ0v) is 15.6. The van der Waals surface area contributed by atoms with Gasteiger partial charge in [0.05, 0.1) is 5.92 Å². The molecule has 1 unspecified atom stereocenters. The average molecular weight is 350 g/mol. The second kappa shape index (κ2) is 7.06. The molecule has 5 heteroatoms. The number of aromatic nitrogens is 2. The topological polar surface area (TPSA) is 49.3 Å². The van der Waals surface area contributed by atoms with Crippen LogP contribution in [0.15, 0.2) is 30.3 Å². The molecule has 2 aliphatic rings. The van der Waals surface area contributed by atoms with Gasteiger partial charge < -0.3 is 9.80 Å². The lowest BCUT2D eigenvalue weighted by Gasteiger charge is -2.36. The van der Waals surface area contributed by atoms with Gasteiger partial charge in [-0.05, 0) is 50.3 Å². The Kier molecular flexibility index (Phi) is 4.62. The standard InChI is InChI=1S/C21H26N4O/c1-15-12-16(2)23-21(22-15)25-10-5-8-19(14-25)20(26)24-11-9-17-6-3-4-7-18(17)13-24/h3-4,6-7,12,19H,5,8-11,13-14H2,1-2H3. The van der Waals surface area contributed by atoms with E-state index in [1.807, 2.05) is 24.8 Å². The van der Waals surface area contributed by atoms with Crippen LogP contribution in [-0.4, -0.2) is 40.4 Å². The van der Waals surface area contributed by atoms with E-state index in [4.69, 9.17) is 0 Å². The van der Waals surface area contributed by atoms with Crippen LogP contribution in [-0.2, 0) is 17.8 Å². The first-order valence-electron chi connectivity index (χ1n) is 9.53. The Labute approximate surface area is 155 Å². The van der Waals surface area contributed by atoms with E-state index in [0.717, 1.165) is 62.8 Å². The summed E-state index contributed by atoms with van der Waals surface area (Å²) < 4.78 is 0. The summed E-state index contributed by atoms with van der Waals surface area (Å²) in [5.74, 6) is 1.09. The molecule has 1 fully saturated rings. The summed E-state index contributed by atoms with van der Waals surface area (Å²) in [5.41, 5.74) is 4.63. The molecule has 26 heavy (non-hydrogen) atoms. The van der Waals surface area contributed by atoms with Gasteiger partial charge in [0.15, 0.2) is 0 Å². The zero-order chi connectivity index (χ0) is 18.1. The van der Waals surface area contributed by atoms with E-state index in [2.05, 4.69) is 39.1 Å². The van der Waals surface area contributed by atoms with E-state index in [-0.39, 0.29) is 11.8 Å². The molecule has 3 heterocycles. The number of amides is 1. The SMILES string of the molecule is Cc1cc(C)nc(N2CCCC(C(=O)N3CCc4ccccc4C3)C2)n1. The number of carbonyl (C=O) groups is 1. The molecule has 136 valence electrons. The molecule has 1 atom stereocenters. The van der Waals surface area contributed by atoms with Gasteiger partial charge in [0.1, 0.15) is 0 Å². The molecule has 2 aromatic rings. The third kappa shape index (κ3) is 3.43. The van der Waals surface area contributed by atoms with Gasteiger partial charge in [0, 0.05) is 37.6 Å². The van der Waals surface area contributed by atoms with Gasteiger partial charge in [0.2, 0.25) is 11.9 Å². The normalized spacial score (nSPS) is 20.0. The number of nitrogens with zero attached hydrogens (tertiary/aromatic N) is 4. The molecule has 1 aromatic heterocycles. The summed E-state index contributed by atoms with van der Waals surface area (Å²) in [4.78, 5) is 26.5. The van der Waals surface area contributed by atoms with Crippen molar-refractivity contribution in [1.29, 1.82) is 0 Å². The fourth-order valence-electron chi connectivity index (χ4n) is 4.15. The van der Waals surface area contributed by atoms with Crippen LogP contribution in [0.1, 0.15) is 35.4 Å². The first-order valence-corrected chi connectivity index (χ1v) is 9.53. The molecule has 0 saturated carbocycles. The maximum Gasteiger partial charge on any atom is 0.227 e. The third-order valence-corrected chi connectivity index (χ3v) is 5.47. The van der Waals surface area contributed by atoms with Gasteiger partial charge in [-0.15, -0.1) is 0 Å². The van der Waals surface area contributed by atoms with Crippen LogP contribution < -0.4 is 4.90 Å². The van der Waals surface area contributed by atoms with Crippen LogP contribution in [0.25, 0.3) is 0 Å². The van der Waals surface area contributed by atoms with E-state index in [1.54, 1.807) is 0 Å². The minimum absolute atomic E-state index is 0.0402. The Balaban J connectivity index is 1.47. The van der Waals surface area contributed by atoms with Gasteiger partial charge in [0.25, 0.3) is 0 Å². The highest BCUT2D eigenvalue weighted by Crippen LogP contribution is 2.25. The molecule has 1 saturated heterocycles. The van der Waals surface area contributed by atoms with Crippen LogP contribution in [0.4, 0.5) is 5.95 Å². The fourth-order valence-corrected chi connectivity index (χ4v) is 4.15. The first kappa shape index (κ1) is 17.0. The van der Waals surface area contributed by atoms with Gasteiger partial charge >= 0.3 is 0 Å². The van der Waals surface area contributed by atoms with E-state index in [9.17, 15) is 4.79 Å². The summed E-state index contributed by atoms with van der Waals surface area (Å²) in [6.45, 7) is 7.21. The van der Waals surface area contributed by atoms with Crippen LogP contribution in [0, 0.1) is 19.8 Å². The summed E-state index contributed by atoms with van der Waals surface area (Å²) in [6.07, 6.45) is 2.92. The number of benzene rings is 1. The largest absolute Gasteiger partial charge is 0.340 e. The number of carbonyl (C=O) groups excluding carboxylic acids is 1. The molecule has 1 aromatic carbocycles. The number of aryl methyl sites for hydroxylation is 2. The molecule has 0 N–H and O–H groups in total. The first-order chi connectivity index (χ1) is 12.6. The van der Waals surface area contributed by atoms with Crippen LogP contribution >= 0.6 is 0 Å². The smallest absolute Gasteiger partial charge is 0.227 e. The van der Waals surface area contributed by atoms with E-state index in [0.29, 0.717) is 0 Å². The lowest BCUT2D eigenvalue weighted by atomic mass is 9.94. The predicted molar refractivity (Wildman–Crippen MR) is 102 cm³/mol. The highest BCUT2D eigenvalue weighted by atomic mass is 16.2. The minimum atomic E-state index is 0.0402. The third-order valence-electron chi connectivity index (χ3n) is 5.47. The Hall–Kier alpha value is -2.43. The Morgan fingerprint density at radius 2 is 1.81 bits per heavy atom. The number of rotatable bonds is 2. The molecular weight excluding hydrogens is 324 g/mol. The van der Waals surface area contributed by atoms with E-state index >= 15 is 0 Å². The van der Waals surface area contributed by atoms with Gasteiger partial charge in [-0.25, -0.2) is 9.97 Å². The number of hydrogen-bond acceptors (Lipinski definition) is 4. The summed E-state index contributed by atoms with van der Waals surface area (Å²) in [6, 6.07) is 10.5. The van der Waals surface area contributed by atoms with Gasteiger partial charge in [-0.3, -0.25) is 4.79 Å². The monoisotopic (exact) mass is 350 g/mol. The Bertz CT molecular complexity index is 799. The van der Waals surface area contributed by atoms with Crippen molar-refractivity contribution in [3.8, 4) is 0 Å². The quantitative estimate of drug-likeness (QED) is 0.836. The molecule has 1 amide bonds. The Morgan fingerprint density at radius 3 is 2.58 bits per heavy atom. The second-order valence-electron chi connectivity index (χ2n) is 7.51. The summed E-state index contributed by atoms with van der Waals surface area (Å²) in [5, 5.41) is 0. The maximum atomic E-state index is 13.1. The number of piperidine rings is 1. The molecule has 5 nitrogen and oxygen atoms in total. The lowest BCUT2D eigenvalue weighted by molar-refractivity contribution is -0.136. The van der Waals surface area contributed by atoms with Crippen molar-refractivity contribution in [1.82, 2.24) is 14.9 Å². The summed E-state index contributed by atoms with van der Waals surface area (Å²) in [7, 11) is 0. The van der Waals surface area contributed by atoms with Crippen LogP contribution in [0.2, 0.25) is 0 Å². The Morgan fingerprint density at radius 1 is 1.08 bits per heavy atom. The van der Waals surface area contributed by atoms with Crippen molar-refractivity contribution in [3.05, 3.63) is 52.8 Å². The van der Waals surface area contributed by atoms with Crippen molar-refractivity contribution < 1.29 is 4.79 Å². The van der Waals surface area contributed by atoms with Gasteiger partial charge in [-0.1, -0.05) is 24.3 Å². The highest BCUT2D eigenvalue weighted by molar-refractivity contribution is 5.80. The zero-order valence-electron chi connectivity index (χ0n) is 15.6. The number of fused-ring (bicyclic) bond motifs is 1. The second-order valence-corrected chi connectivity index (χ2v) is 7.51. The van der Waals surface area contributed by atoms with Crippen LogP contribution in [0.5, 0.6) is 0 Å².